The minimum absolute atomic E-state index is 0.119. The third-order valence-electron chi connectivity index (χ3n) is 4.91. The molecule has 0 heterocycles. The van der Waals surface area contributed by atoms with Gasteiger partial charge in [-0.05, 0) is 48.6 Å². The normalized spacial score (nSPS) is 10.4. The van der Waals surface area contributed by atoms with Crippen molar-refractivity contribution in [3.8, 4) is 5.75 Å². The number of rotatable bonds is 10. The Labute approximate surface area is 193 Å². The van der Waals surface area contributed by atoms with Gasteiger partial charge >= 0.3 is 6.09 Å². The van der Waals surface area contributed by atoms with Crippen LogP contribution in [0.1, 0.15) is 33.5 Å². The van der Waals surface area contributed by atoms with Gasteiger partial charge in [0.05, 0.1) is 25.0 Å². The van der Waals surface area contributed by atoms with Crippen LogP contribution in [0.4, 0.5) is 10.5 Å². The molecule has 33 heavy (non-hydrogen) atoms. The van der Waals surface area contributed by atoms with E-state index in [2.05, 4.69) is 22.9 Å². The molecule has 0 saturated heterocycles. The Morgan fingerprint density at radius 2 is 1.58 bits per heavy atom. The Bertz CT molecular complexity index is 1060. The van der Waals surface area contributed by atoms with Crippen molar-refractivity contribution in [3.63, 3.8) is 0 Å². The molecule has 3 aromatic rings. The first kappa shape index (κ1) is 23.8. The van der Waals surface area contributed by atoms with Gasteiger partial charge in [0.1, 0.15) is 12.4 Å². The second-order valence-electron chi connectivity index (χ2n) is 7.42. The van der Waals surface area contributed by atoms with Gasteiger partial charge in [-0.15, -0.1) is 0 Å². The highest BCUT2D eigenvalue weighted by Gasteiger charge is 2.18. The molecule has 7 heteroatoms. The molecule has 0 aliphatic carbocycles. The lowest BCUT2D eigenvalue weighted by Crippen LogP contribution is -2.25. The average Bonchev–Trinajstić information content (AvgIpc) is 2.83. The molecule has 172 valence electrons. The van der Waals surface area contributed by atoms with Crippen molar-refractivity contribution in [3.05, 3.63) is 95.1 Å². The van der Waals surface area contributed by atoms with Gasteiger partial charge in [-0.25, -0.2) is 10.3 Å². The van der Waals surface area contributed by atoms with E-state index in [1.807, 2.05) is 48.5 Å². The highest BCUT2D eigenvalue weighted by atomic mass is 16.6. The summed E-state index contributed by atoms with van der Waals surface area (Å²) in [7, 11) is 1.34. The summed E-state index contributed by atoms with van der Waals surface area (Å²) in [6, 6.07) is 22.9. The smallest absolute Gasteiger partial charge is 0.411 e. The number of hydroxylamine groups is 1. The van der Waals surface area contributed by atoms with E-state index >= 15 is 0 Å². The van der Waals surface area contributed by atoms with E-state index in [1.165, 1.54) is 12.7 Å². The van der Waals surface area contributed by atoms with Crippen molar-refractivity contribution in [2.45, 2.75) is 26.4 Å². The van der Waals surface area contributed by atoms with E-state index in [4.69, 9.17) is 14.3 Å². The predicted molar refractivity (Wildman–Crippen MR) is 126 cm³/mol. The van der Waals surface area contributed by atoms with Gasteiger partial charge in [0.15, 0.2) is 0 Å². The number of hydrogen-bond donors (Lipinski definition) is 2. The second kappa shape index (κ2) is 12.3. The van der Waals surface area contributed by atoms with Gasteiger partial charge in [-0.2, -0.15) is 0 Å². The van der Waals surface area contributed by atoms with Crippen molar-refractivity contribution >= 4 is 17.7 Å². The lowest BCUT2D eigenvalue weighted by atomic mass is 10.1. The molecule has 0 radical (unpaired) electrons. The van der Waals surface area contributed by atoms with Crippen LogP contribution in [0, 0.1) is 6.92 Å². The SMILES string of the molecule is CONC(=O)c1cc(OCCCc2ccccc2)cc(C)c1NC(=O)OCc1ccccc1. The van der Waals surface area contributed by atoms with Gasteiger partial charge < -0.3 is 9.47 Å². The van der Waals surface area contributed by atoms with Crippen molar-refractivity contribution in [1.29, 1.82) is 0 Å². The second-order valence-corrected chi connectivity index (χ2v) is 7.42. The van der Waals surface area contributed by atoms with Crippen LogP contribution >= 0.6 is 0 Å². The van der Waals surface area contributed by atoms with Gasteiger partial charge in [-0.1, -0.05) is 60.7 Å². The monoisotopic (exact) mass is 448 g/mol. The highest BCUT2D eigenvalue weighted by molar-refractivity contribution is 6.03. The Hall–Kier alpha value is -3.84. The number of hydrogen-bond acceptors (Lipinski definition) is 5. The van der Waals surface area contributed by atoms with Crippen molar-refractivity contribution < 1.29 is 23.9 Å². The first-order chi connectivity index (χ1) is 16.1. The number of carbonyl (C=O) groups excluding carboxylic acids is 2. The van der Waals surface area contributed by atoms with Crippen molar-refractivity contribution in [2.24, 2.45) is 0 Å². The molecule has 0 unspecified atom stereocenters. The largest absolute Gasteiger partial charge is 0.494 e. The lowest BCUT2D eigenvalue weighted by molar-refractivity contribution is 0.0538. The third-order valence-corrected chi connectivity index (χ3v) is 4.91. The minimum atomic E-state index is -0.662. The molecule has 3 aromatic carbocycles. The predicted octanol–water partition coefficient (Wildman–Crippen LogP) is 5.05. The van der Waals surface area contributed by atoms with Gasteiger partial charge in [-0.3, -0.25) is 14.9 Å². The maximum absolute atomic E-state index is 12.6. The Kier molecular flexibility index (Phi) is 8.85. The first-order valence-electron chi connectivity index (χ1n) is 10.7. The summed E-state index contributed by atoms with van der Waals surface area (Å²) in [5.74, 6) is 0.0266. The fourth-order valence-corrected chi connectivity index (χ4v) is 3.30. The summed E-state index contributed by atoms with van der Waals surface area (Å²) in [6.07, 6.45) is 1.06. The Balaban J connectivity index is 1.66. The molecule has 0 bridgehead atoms. The van der Waals surface area contributed by atoms with Crippen LogP contribution in [0.5, 0.6) is 5.75 Å². The summed E-state index contributed by atoms with van der Waals surface area (Å²) in [5.41, 5.74) is 5.60. The molecule has 0 spiro atoms. The maximum atomic E-state index is 12.6. The zero-order valence-corrected chi connectivity index (χ0v) is 18.8. The maximum Gasteiger partial charge on any atom is 0.411 e. The van der Waals surface area contributed by atoms with Crippen LogP contribution in [0.15, 0.2) is 72.8 Å². The third kappa shape index (κ3) is 7.36. The fourth-order valence-electron chi connectivity index (χ4n) is 3.30. The summed E-state index contributed by atoms with van der Waals surface area (Å²) >= 11 is 0. The number of carbonyl (C=O) groups is 2. The van der Waals surface area contributed by atoms with E-state index in [9.17, 15) is 9.59 Å². The molecular formula is C26H28N2O5. The molecule has 0 aliphatic rings. The Morgan fingerprint density at radius 3 is 2.24 bits per heavy atom. The fraction of sp³-hybridized carbons (Fsp3) is 0.231. The summed E-state index contributed by atoms with van der Waals surface area (Å²) in [5, 5.41) is 2.67. The molecule has 2 amide bonds. The first-order valence-corrected chi connectivity index (χ1v) is 10.7. The zero-order valence-electron chi connectivity index (χ0n) is 18.8. The van der Waals surface area contributed by atoms with Crippen LogP contribution in [0.25, 0.3) is 0 Å². The standard InChI is InChI=1S/C26H28N2O5/c1-19-16-22(32-15-9-14-20-10-5-3-6-11-20)17-23(25(29)28-31-2)24(19)27-26(30)33-18-21-12-7-4-8-13-21/h3-8,10-13,16-17H,9,14-15,18H2,1-2H3,(H,27,30)(H,28,29). The number of anilines is 1. The van der Waals surface area contributed by atoms with E-state index in [-0.39, 0.29) is 12.2 Å². The lowest BCUT2D eigenvalue weighted by Gasteiger charge is -2.16. The zero-order chi connectivity index (χ0) is 23.5. The molecule has 0 saturated carbocycles. The summed E-state index contributed by atoms with van der Waals surface area (Å²) < 4.78 is 11.2. The molecule has 0 atom stereocenters. The molecular weight excluding hydrogens is 420 g/mol. The number of benzene rings is 3. The Morgan fingerprint density at radius 1 is 0.909 bits per heavy atom. The van der Waals surface area contributed by atoms with E-state index in [0.29, 0.717) is 23.6 Å². The van der Waals surface area contributed by atoms with Crippen molar-refractivity contribution in [1.82, 2.24) is 5.48 Å². The summed E-state index contributed by atoms with van der Waals surface area (Å²) in [6.45, 7) is 2.40. The molecule has 0 aliphatic heterocycles. The molecule has 7 nitrogen and oxygen atoms in total. The highest BCUT2D eigenvalue weighted by Crippen LogP contribution is 2.28. The van der Waals surface area contributed by atoms with Gasteiger partial charge in [0, 0.05) is 0 Å². The van der Waals surface area contributed by atoms with Crippen LogP contribution in [-0.4, -0.2) is 25.7 Å². The molecule has 0 aromatic heterocycles. The van der Waals surface area contributed by atoms with Crippen LogP contribution in [-0.2, 0) is 22.6 Å². The van der Waals surface area contributed by atoms with Crippen LogP contribution in [0.3, 0.4) is 0 Å². The number of amides is 2. The molecule has 0 fully saturated rings. The number of aryl methyl sites for hydroxylation is 2. The van der Waals surface area contributed by atoms with E-state index < -0.39 is 12.0 Å². The topological polar surface area (TPSA) is 85.9 Å². The van der Waals surface area contributed by atoms with E-state index in [1.54, 1.807) is 19.1 Å². The number of nitrogens with one attached hydrogen (secondary N) is 2. The molecule has 2 N–H and O–H groups in total. The van der Waals surface area contributed by atoms with E-state index in [0.717, 1.165) is 18.4 Å². The van der Waals surface area contributed by atoms with Crippen LogP contribution < -0.4 is 15.5 Å². The molecule has 3 rings (SSSR count). The van der Waals surface area contributed by atoms with Crippen molar-refractivity contribution in [2.75, 3.05) is 19.0 Å². The summed E-state index contributed by atoms with van der Waals surface area (Å²) in [4.78, 5) is 29.7. The van der Waals surface area contributed by atoms with Gasteiger partial charge in [0.2, 0.25) is 0 Å². The van der Waals surface area contributed by atoms with Crippen LogP contribution in [0.2, 0.25) is 0 Å². The quantitative estimate of drug-likeness (QED) is 0.335. The minimum Gasteiger partial charge on any atom is -0.494 e. The van der Waals surface area contributed by atoms with Gasteiger partial charge in [0.25, 0.3) is 5.91 Å². The number of ether oxygens (including phenoxy) is 2. The average molecular weight is 449 g/mol.